The molecule has 1 heteroatoms. The summed E-state index contributed by atoms with van der Waals surface area (Å²) in [4.78, 5) is 0. The van der Waals surface area contributed by atoms with Crippen molar-refractivity contribution in [3.8, 4) is 0 Å². The Hall–Kier alpha value is -0.820. The summed E-state index contributed by atoms with van der Waals surface area (Å²) < 4.78 is 0. The van der Waals surface area contributed by atoms with Crippen molar-refractivity contribution in [1.82, 2.24) is 0 Å². The Morgan fingerprint density at radius 1 is 1.30 bits per heavy atom. The van der Waals surface area contributed by atoms with Crippen molar-refractivity contribution in [3.63, 3.8) is 0 Å². The first-order valence-electron chi connectivity index (χ1n) is 3.45. The second kappa shape index (κ2) is 6.30. The number of hydrogen-bond acceptors (Lipinski definition) is 1. The summed E-state index contributed by atoms with van der Waals surface area (Å²) >= 11 is 0. The van der Waals surface area contributed by atoms with E-state index in [9.17, 15) is 0 Å². The van der Waals surface area contributed by atoms with Gasteiger partial charge in [0.05, 0.1) is 0 Å². The van der Waals surface area contributed by atoms with E-state index in [1.54, 1.807) is 6.08 Å². The van der Waals surface area contributed by atoms with E-state index in [0.717, 1.165) is 12.8 Å². The van der Waals surface area contributed by atoms with Gasteiger partial charge in [0.25, 0.3) is 0 Å². The predicted molar refractivity (Wildman–Crippen MR) is 46.7 cm³/mol. The number of hydrogen-bond donors (Lipinski definition) is 1. The zero-order valence-electron chi connectivity index (χ0n) is 6.29. The van der Waals surface area contributed by atoms with Crippen molar-refractivity contribution in [2.45, 2.75) is 18.9 Å². The third-order valence-electron chi connectivity index (χ3n) is 1.18. The van der Waals surface area contributed by atoms with Crippen molar-refractivity contribution in [2.24, 2.45) is 5.73 Å². The predicted octanol–water partition coefficient (Wildman–Crippen LogP) is 2.02. The van der Waals surface area contributed by atoms with Crippen LogP contribution < -0.4 is 5.73 Å². The van der Waals surface area contributed by atoms with Crippen LogP contribution in [0.5, 0.6) is 0 Å². The van der Waals surface area contributed by atoms with E-state index in [1.165, 1.54) is 0 Å². The van der Waals surface area contributed by atoms with Crippen LogP contribution in [0.2, 0.25) is 0 Å². The second-order valence-electron chi connectivity index (χ2n) is 2.18. The summed E-state index contributed by atoms with van der Waals surface area (Å²) in [7, 11) is 0. The zero-order valence-corrected chi connectivity index (χ0v) is 6.29. The Morgan fingerprint density at radius 3 is 2.50 bits per heavy atom. The fraction of sp³-hybridized carbons (Fsp3) is 0.333. The lowest BCUT2D eigenvalue weighted by Crippen LogP contribution is -2.17. The van der Waals surface area contributed by atoms with E-state index >= 15 is 0 Å². The van der Waals surface area contributed by atoms with E-state index in [0.29, 0.717) is 0 Å². The molecule has 0 amide bonds. The molecule has 2 N–H and O–H groups in total. The summed E-state index contributed by atoms with van der Waals surface area (Å²) in [6.45, 7) is 7.16. The number of allylic oxidation sites excluding steroid dienone is 2. The highest BCUT2D eigenvalue weighted by molar-refractivity contribution is 4.98. The first-order valence-corrected chi connectivity index (χ1v) is 3.45. The van der Waals surface area contributed by atoms with E-state index in [1.807, 2.05) is 18.2 Å². The highest BCUT2D eigenvalue weighted by Gasteiger charge is 1.93. The summed E-state index contributed by atoms with van der Waals surface area (Å²) in [6, 6.07) is 0.216. The molecule has 1 atom stereocenters. The van der Waals surface area contributed by atoms with Gasteiger partial charge >= 0.3 is 0 Å². The van der Waals surface area contributed by atoms with Crippen LogP contribution in [0.4, 0.5) is 0 Å². The molecular formula is C9H15N. The molecule has 56 valence electrons. The smallest absolute Gasteiger partial charge is 0.0108 e. The Kier molecular flexibility index (Phi) is 5.79. The molecule has 0 aliphatic heterocycles. The van der Waals surface area contributed by atoms with E-state index in [2.05, 4.69) is 13.2 Å². The SMILES string of the molecule is C=CC=CCC(N)CC=C. The molecule has 0 aliphatic carbocycles. The van der Waals surface area contributed by atoms with Gasteiger partial charge in [0, 0.05) is 6.04 Å². The minimum atomic E-state index is 0.216. The average Bonchev–Trinajstić information content (AvgIpc) is 1.89. The maximum Gasteiger partial charge on any atom is 0.0108 e. The van der Waals surface area contributed by atoms with E-state index in [-0.39, 0.29) is 6.04 Å². The fourth-order valence-electron chi connectivity index (χ4n) is 0.660. The molecule has 0 heterocycles. The number of nitrogens with two attached hydrogens (primary N) is 1. The highest BCUT2D eigenvalue weighted by atomic mass is 14.6. The molecule has 0 bridgehead atoms. The number of rotatable bonds is 5. The van der Waals surface area contributed by atoms with Gasteiger partial charge in [-0.1, -0.05) is 30.9 Å². The van der Waals surface area contributed by atoms with Gasteiger partial charge < -0.3 is 5.73 Å². The lowest BCUT2D eigenvalue weighted by Gasteiger charge is -2.02. The molecule has 0 aromatic heterocycles. The van der Waals surface area contributed by atoms with Crippen LogP contribution in [0.1, 0.15) is 12.8 Å². The molecule has 0 radical (unpaired) electrons. The molecule has 0 aliphatic rings. The van der Waals surface area contributed by atoms with Gasteiger partial charge in [-0.25, -0.2) is 0 Å². The lowest BCUT2D eigenvalue weighted by atomic mass is 10.1. The molecule has 0 saturated carbocycles. The van der Waals surface area contributed by atoms with Crippen LogP contribution in [0.15, 0.2) is 37.5 Å². The largest absolute Gasteiger partial charge is 0.327 e. The Labute approximate surface area is 62.9 Å². The second-order valence-corrected chi connectivity index (χ2v) is 2.18. The average molecular weight is 137 g/mol. The topological polar surface area (TPSA) is 26.0 Å². The molecule has 0 spiro atoms. The maximum atomic E-state index is 5.67. The van der Waals surface area contributed by atoms with Crippen LogP contribution in [0, 0.1) is 0 Å². The van der Waals surface area contributed by atoms with Crippen molar-refractivity contribution in [3.05, 3.63) is 37.5 Å². The molecule has 1 nitrogen and oxygen atoms in total. The van der Waals surface area contributed by atoms with Crippen LogP contribution >= 0.6 is 0 Å². The minimum Gasteiger partial charge on any atom is -0.327 e. The van der Waals surface area contributed by atoms with Crippen LogP contribution in [-0.4, -0.2) is 6.04 Å². The molecule has 0 saturated heterocycles. The van der Waals surface area contributed by atoms with Crippen LogP contribution in [0.25, 0.3) is 0 Å². The van der Waals surface area contributed by atoms with Gasteiger partial charge in [0.2, 0.25) is 0 Å². The van der Waals surface area contributed by atoms with Gasteiger partial charge in [-0.2, -0.15) is 0 Å². The highest BCUT2D eigenvalue weighted by Crippen LogP contribution is 1.95. The molecule has 0 aromatic rings. The molecule has 0 rings (SSSR count). The van der Waals surface area contributed by atoms with Gasteiger partial charge in [0.1, 0.15) is 0 Å². The third-order valence-corrected chi connectivity index (χ3v) is 1.18. The molecule has 10 heavy (non-hydrogen) atoms. The van der Waals surface area contributed by atoms with E-state index in [4.69, 9.17) is 5.73 Å². The molecule has 0 fully saturated rings. The van der Waals surface area contributed by atoms with Gasteiger partial charge in [-0.05, 0) is 12.8 Å². The lowest BCUT2D eigenvalue weighted by molar-refractivity contribution is 0.695. The first kappa shape index (κ1) is 9.18. The zero-order chi connectivity index (χ0) is 7.82. The normalized spacial score (nSPS) is 13.3. The fourth-order valence-corrected chi connectivity index (χ4v) is 0.660. The molecule has 0 aromatic carbocycles. The Bertz CT molecular complexity index is 125. The Morgan fingerprint density at radius 2 is 2.00 bits per heavy atom. The standard InChI is InChI=1S/C9H15N/c1-3-5-6-8-9(10)7-4-2/h3-6,9H,1-2,7-8,10H2. The van der Waals surface area contributed by atoms with Gasteiger partial charge in [0.15, 0.2) is 0 Å². The quantitative estimate of drug-likeness (QED) is 0.455. The van der Waals surface area contributed by atoms with Crippen molar-refractivity contribution < 1.29 is 0 Å². The van der Waals surface area contributed by atoms with Crippen molar-refractivity contribution in [2.75, 3.05) is 0 Å². The molecule has 1 unspecified atom stereocenters. The summed E-state index contributed by atoms with van der Waals surface area (Å²) in [5.41, 5.74) is 5.67. The summed E-state index contributed by atoms with van der Waals surface area (Å²) in [6.07, 6.45) is 9.29. The Balaban J connectivity index is 3.37. The van der Waals surface area contributed by atoms with Crippen LogP contribution in [-0.2, 0) is 0 Å². The third kappa shape index (κ3) is 5.32. The molecular weight excluding hydrogens is 122 g/mol. The summed E-state index contributed by atoms with van der Waals surface area (Å²) in [5.74, 6) is 0. The monoisotopic (exact) mass is 137 g/mol. The summed E-state index contributed by atoms with van der Waals surface area (Å²) in [5, 5.41) is 0. The minimum absolute atomic E-state index is 0.216. The maximum absolute atomic E-state index is 5.67. The van der Waals surface area contributed by atoms with Gasteiger partial charge in [-0.3, -0.25) is 0 Å². The van der Waals surface area contributed by atoms with E-state index < -0.39 is 0 Å². The van der Waals surface area contributed by atoms with Gasteiger partial charge in [-0.15, -0.1) is 6.58 Å². The van der Waals surface area contributed by atoms with Crippen molar-refractivity contribution in [1.29, 1.82) is 0 Å². The first-order chi connectivity index (χ1) is 4.81. The van der Waals surface area contributed by atoms with Crippen LogP contribution in [0.3, 0.4) is 0 Å². The van der Waals surface area contributed by atoms with Crippen molar-refractivity contribution >= 4 is 0 Å².